The Kier molecular flexibility index (Phi) is 11.3. The van der Waals surface area contributed by atoms with Crippen molar-refractivity contribution < 1.29 is 14.3 Å². The molecule has 0 atom stereocenters. The number of hydrogen-bond acceptors (Lipinski definition) is 4. The van der Waals surface area contributed by atoms with Gasteiger partial charge in [0.15, 0.2) is 0 Å². The van der Waals surface area contributed by atoms with Gasteiger partial charge in [0.05, 0.1) is 6.61 Å². The van der Waals surface area contributed by atoms with E-state index >= 15 is 0 Å². The van der Waals surface area contributed by atoms with Crippen LogP contribution in [-0.4, -0.2) is 36.5 Å². The Morgan fingerprint density at radius 2 is 1.94 bits per heavy atom. The summed E-state index contributed by atoms with van der Waals surface area (Å²) in [5.41, 5.74) is 0. The Morgan fingerprint density at radius 3 is 2.59 bits per heavy atom. The fraction of sp³-hybridized carbons (Fsp3) is 0.833. The minimum Gasteiger partial charge on any atom is -0.466 e. The van der Waals surface area contributed by atoms with E-state index < -0.39 is 0 Å². The molecule has 0 saturated carbocycles. The summed E-state index contributed by atoms with van der Waals surface area (Å²) in [6.45, 7) is 4.86. The highest BCUT2D eigenvalue weighted by Crippen LogP contribution is 2.06. The molecule has 0 bridgehead atoms. The van der Waals surface area contributed by atoms with E-state index in [9.17, 15) is 9.59 Å². The highest BCUT2D eigenvalue weighted by atomic mass is 32.2. The van der Waals surface area contributed by atoms with Crippen LogP contribution < -0.4 is 5.32 Å². The molecule has 0 saturated heterocycles. The topological polar surface area (TPSA) is 55.4 Å². The fourth-order valence-electron chi connectivity index (χ4n) is 1.20. The van der Waals surface area contributed by atoms with Crippen LogP contribution in [0.25, 0.3) is 0 Å². The molecule has 0 rings (SSSR count). The van der Waals surface area contributed by atoms with Crippen molar-refractivity contribution in [3.63, 3.8) is 0 Å². The Labute approximate surface area is 108 Å². The fourth-order valence-corrected chi connectivity index (χ4v) is 2.06. The zero-order chi connectivity index (χ0) is 12.9. The summed E-state index contributed by atoms with van der Waals surface area (Å²) in [5, 5.41) is 2.82. The second-order valence-electron chi connectivity index (χ2n) is 3.58. The number of ether oxygens (including phenoxy) is 1. The van der Waals surface area contributed by atoms with Crippen LogP contribution in [0.15, 0.2) is 0 Å². The van der Waals surface area contributed by atoms with Gasteiger partial charge in [0.1, 0.15) is 0 Å². The van der Waals surface area contributed by atoms with E-state index in [1.807, 2.05) is 13.8 Å². The molecule has 0 aromatic heterocycles. The van der Waals surface area contributed by atoms with Crippen LogP contribution in [0.4, 0.5) is 0 Å². The quantitative estimate of drug-likeness (QED) is 0.482. The molecule has 0 radical (unpaired) electrons. The van der Waals surface area contributed by atoms with E-state index in [0.717, 1.165) is 30.9 Å². The van der Waals surface area contributed by atoms with Crippen molar-refractivity contribution in [3.05, 3.63) is 0 Å². The lowest BCUT2D eigenvalue weighted by Crippen LogP contribution is -2.24. The van der Waals surface area contributed by atoms with Gasteiger partial charge >= 0.3 is 5.97 Å². The molecule has 1 amide bonds. The predicted molar refractivity (Wildman–Crippen MR) is 71.1 cm³/mol. The van der Waals surface area contributed by atoms with Gasteiger partial charge in [0, 0.05) is 25.1 Å². The average molecular weight is 261 g/mol. The number of carbonyl (C=O) groups excluding carboxylic acids is 2. The summed E-state index contributed by atoms with van der Waals surface area (Å²) in [4.78, 5) is 21.9. The van der Waals surface area contributed by atoms with E-state index in [2.05, 4.69) is 5.32 Å². The molecule has 0 fully saturated rings. The first-order chi connectivity index (χ1) is 8.20. The number of hydrogen-bond donors (Lipinski definition) is 1. The zero-order valence-corrected chi connectivity index (χ0v) is 11.6. The van der Waals surface area contributed by atoms with Crippen LogP contribution in [-0.2, 0) is 14.3 Å². The summed E-state index contributed by atoms with van der Waals surface area (Å²) in [5.74, 6) is 1.97. The average Bonchev–Trinajstić information content (AvgIpc) is 2.32. The molecule has 0 aliphatic heterocycles. The number of nitrogens with one attached hydrogen (secondary N) is 1. The van der Waals surface area contributed by atoms with Gasteiger partial charge in [0.25, 0.3) is 0 Å². The molecule has 1 N–H and O–H groups in total. The van der Waals surface area contributed by atoms with Crippen LogP contribution in [0.3, 0.4) is 0 Å². The predicted octanol–water partition coefficient (Wildman–Crippen LogP) is 1.98. The second kappa shape index (κ2) is 11.8. The molecule has 4 nitrogen and oxygen atoms in total. The lowest BCUT2D eigenvalue weighted by Gasteiger charge is -2.04. The van der Waals surface area contributed by atoms with Gasteiger partial charge in [-0.2, -0.15) is 11.8 Å². The molecule has 5 heteroatoms. The number of rotatable bonds is 10. The third-order valence-electron chi connectivity index (χ3n) is 2.11. The third kappa shape index (κ3) is 11.6. The zero-order valence-electron chi connectivity index (χ0n) is 10.8. The maximum atomic E-state index is 11.0. The van der Waals surface area contributed by atoms with Crippen molar-refractivity contribution in [2.24, 2.45) is 0 Å². The van der Waals surface area contributed by atoms with Crippen LogP contribution in [0.1, 0.15) is 39.5 Å². The van der Waals surface area contributed by atoms with Crippen LogP contribution in [0.2, 0.25) is 0 Å². The van der Waals surface area contributed by atoms with E-state index in [4.69, 9.17) is 4.74 Å². The van der Waals surface area contributed by atoms with E-state index in [1.165, 1.54) is 0 Å². The molecule has 17 heavy (non-hydrogen) atoms. The van der Waals surface area contributed by atoms with Gasteiger partial charge < -0.3 is 10.1 Å². The molecule has 0 aromatic rings. The highest BCUT2D eigenvalue weighted by molar-refractivity contribution is 7.99. The molecule has 0 aromatic carbocycles. The first-order valence-electron chi connectivity index (χ1n) is 6.20. The molecule has 0 aliphatic rings. The van der Waals surface area contributed by atoms with Crippen molar-refractivity contribution >= 4 is 23.6 Å². The highest BCUT2D eigenvalue weighted by Gasteiger charge is 2.00. The Bertz CT molecular complexity index is 222. The maximum Gasteiger partial charge on any atom is 0.305 e. The number of amides is 1. The molecular formula is C12H23NO3S. The smallest absolute Gasteiger partial charge is 0.305 e. The SMILES string of the molecule is CCOC(=O)CCCCSCCNC(=O)CC. The van der Waals surface area contributed by atoms with Crippen molar-refractivity contribution in [3.8, 4) is 0 Å². The van der Waals surface area contributed by atoms with Crippen molar-refractivity contribution in [2.45, 2.75) is 39.5 Å². The summed E-state index contributed by atoms with van der Waals surface area (Å²) >= 11 is 1.80. The number of esters is 1. The van der Waals surface area contributed by atoms with Gasteiger partial charge in [-0.1, -0.05) is 6.92 Å². The van der Waals surface area contributed by atoms with Crippen LogP contribution in [0.5, 0.6) is 0 Å². The van der Waals surface area contributed by atoms with Crippen molar-refractivity contribution in [1.29, 1.82) is 0 Å². The molecule has 0 unspecified atom stereocenters. The Hall–Kier alpha value is -0.710. The minimum atomic E-state index is -0.104. The third-order valence-corrected chi connectivity index (χ3v) is 3.18. The normalized spacial score (nSPS) is 10.0. The maximum absolute atomic E-state index is 11.0. The van der Waals surface area contributed by atoms with E-state index in [1.54, 1.807) is 11.8 Å². The monoisotopic (exact) mass is 261 g/mol. The molecular weight excluding hydrogens is 238 g/mol. The Morgan fingerprint density at radius 1 is 1.18 bits per heavy atom. The van der Waals surface area contributed by atoms with Gasteiger partial charge in [-0.3, -0.25) is 9.59 Å². The first kappa shape index (κ1) is 16.3. The summed E-state index contributed by atoms with van der Waals surface area (Å²) < 4.78 is 4.83. The van der Waals surface area contributed by atoms with Crippen molar-refractivity contribution in [2.75, 3.05) is 24.7 Å². The number of thioether (sulfide) groups is 1. The van der Waals surface area contributed by atoms with Gasteiger partial charge in [-0.15, -0.1) is 0 Å². The van der Waals surface area contributed by atoms with Gasteiger partial charge in [0.2, 0.25) is 5.91 Å². The molecule has 100 valence electrons. The second-order valence-corrected chi connectivity index (χ2v) is 4.80. The lowest BCUT2D eigenvalue weighted by atomic mass is 10.2. The molecule has 0 heterocycles. The standard InChI is InChI=1S/C12H23NO3S/c1-3-11(14)13-8-10-17-9-6-5-7-12(15)16-4-2/h3-10H2,1-2H3,(H,13,14). The van der Waals surface area contributed by atoms with Gasteiger partial charge in [-0.25, -0.2) is 0 Å². The van der Waals surface area contributed by atoms with Crippen molar-refractivity contribution in [1.82, 2.24) is 5.32 Å². The van der Waals surface area contributed by atoms with E-state index in [0.29, 0.717) is 19.4 Å². The summed E-state index contributed by atoms with van der Waals surface area (Å²) in [7, 11) is 0. The van der Waals surface area contributed by atoms with Gasteiger partial charge in [-0.05, 0) is 25.5 Å². The first-order valence-corrected chi connectivity index (χ1v) is 7.36. The van der Waals surface area contributed by atoms with Crippen LogP contribution in [0, 0.1) is 0 Å². The van der Waals surface area contributed by atoms with E-state index in [-0.39, 0.29) is 11.9 Å². The Balaban J connectivity index is 3.13. The molecule has 0 aliphatic carbocycles. The number of carbonyl (C=O) groups is 2. The summed E-state index contributed by atoms with van der Waals surface area (Å²) in [6, 6.07) is 0. The van der Waals surface area contributed by atoms with Crippen LogP contribution >= 0.6 is 11.8 Å². The largest absolute Gasteiger partial charge is 0.466 e. The number of unbranched alkanes of at least 4 members (excludes halogenated alkanes) is 1. The summed E-state index contributed by atoms with van der Waals surface area (Å²) in [6.07, 6.45) is 2.96. The lowest BCUT2D eigenvalue weighted by molar-refractivity contribution is -0.143. The molecule has 0 spiro atoms. The minimum absolute atomic E-state index is 0.104.